The largest absolute Gasteiger partial charge is 0.497 e. The SMILES string of the molecule is CNC(=O)NC(=O)[C@H](c1ccccc1)N(C)Cc1ccc2cc(OC)ccc2c1. The van der Waals surface area contributed by atoms with Crippen LogP contribution in [0.25, 0.3) is 10.8 Å². The molecule has 3 rings (SSSR count). The van der Waals surface area contributed by atoms with Crippen LogP contribution >= 0.6 is 0 Å². The van der Waals surface area contributed by atoms with Crippen molar-refractivity contribution >= 4 is 22.7 Å². The average molecular weight is 391 g/mol. The fraction of sp³-hybridized carbons (Fsp3) is 0.217. The Morgan fingerprint density at radius 2 is 1.69 bits per heavy atom. The highest BCUT2D eigenvalue weighted by Crippen LogP contribution is 2.25. The molecule has 150 valence electrons. The predicted molar refractivity (Wildman–Crippen MR) is 114 cm³/mol. The Bertz CT molecular complexity index is 1000. The van der Waals surface area contributed by atoms with Gasteiger partial charge in [-0.15, -0.1) is 0 Å². The molecule has 3 aromatic rings. The molecular weight excluding hydrogens is 366 g/mol. The van der Waals surface area contributed by atoms with E-state index in [1.54, 1.807) is 7.11 Å². The molecule has 2 N–H and O–H groups in total. The Hall–Kier alpha value is -3.38. The highest BCUT2D eigenvalue weighted by Gasteiger charge is 2.26. The summed E-state index contributed by atoms with van der Waals surface area (Å²) >= 11 is 0. The van der Waals surface area contributed by atoms with Gasteiger partial charge in [0.15, 0.2) is 0 Å². The third kappa shape index (κ3) is 4.92. The second-order valence-corrected chi connectivity index (χ2v) is 6.84. The van der Waals surface area contributed by atoms with Crippen LogP contribution in [-0.2, 0) is 11.3 Å². The number of amides is 3. The normalized spacial score (nSPS) is 11.9. The van der Waals surface area contributed by atoms with Gasteiger partial charge in [-0.2, -0.15) is 0 Å². The highest BCUT2D eigenvalue weighted by atomic mass is 16.5. The maximum Gasteiger partial charge on any atom is 0.321 e. The molecule has 0 unspecified atom stereocenters. The number of carbonyl (C=O) groups is 2. The minimum absolute atomic E-state index is 0.372. The molecule has 3 aromatic carbocycles. The molecule has 0 aliphatic rings. The van der Waals surface area contributed by atoms with E-state index in [4.69, 9.17) is 4.74 Å². The molecule has 0 heterocycles. The first-order valence-corrected chi connectivity index (χ1v) is 9.36. The molecular formula is C23H25N3O3. The lowest BCUT2D eigenvalue weighted by Crippen LogP contribution is -2.44. The number of imide groups is 1. The molecule has 0 aromatic heterocycles. The van der Waals surface area contributed by atoms with Crippen molar-refractivity contribution in [1.82, 2.24) is 15.5 Å². The number of benzene rings is 3. The quantitative estimate of drug-likeness (QED) is 0.675. The number of hydrogen-bond donors (Lipinski definition) is 2. The molecule has 3 amide bonds. The standard InChI is InChI=1S/C23H25N3O3/c1-24-23(28)25-22(27)21(17-7-5-4-6-8-17)26(2)15-16-9-10-19-14-20(29-3)12-11-18(19)13-16/h4-14,21H,15H2,1-3H3,(H2,24,25,27,28)/t21-/m0/s1. The smallest absolute Gasteiger partial charge is 0.321 e. The number of fused-ring (bicyclic) bond motifs is 1. The number of carbonyl (C=O) groups excluding carboxylic acids is 2. The lowest BCUT2D eigenvalue weighted by atomic mass is 10.0. The van der Waals surface area contributed by atoms with Gasteiger partial charge >= 0.3 is 6.03 Å². The van der Waals surface area contributed by atoms with Gasteiger partial charge in [0.25, 0.3) is 0 Å². The Balaban J connectivity index is 1.85. The molecule has 0 saturated carbocycles. The van der Waals surface area contributed by atoms with Crippen LogP contribution in [0.1, 0.15) is 17.2 Å². The van der Waals surface area contributed by atoms with Gasteiger partial charge in [-0.05, 0) is 47.1 Å². The van der Waals surface area contributed by atoms with Gasteiger partial charge in [0, 0.05) is 13.6 Å². The second-order valence-electron chi connectivity index (χ2n) is 6.84. The number of ether oxygens (including phenoxy) is 1. The van der Waals surface area contributed by atoms with Crippen LogP contribution in [0.4, 0.5) is 4.79 Å². The number of nitrogens with zero attached hydrogens (tertiary/aromatic N) is 1. The molecule has 0 fully saturated rings. The highest BCUT2D eigenvalue weighted by molar-refractivity contribution is 5.97. The molecule has 1 atom stereocenters. The molecule has 0 spiro atoms. The molecule has 29 heavy (non-hydrogen) atoms. The minimum Gasteiger partial charge on any atom is -0.497 e. The van der Waals surface area contributed by atoms with Crippen LogP contribution in [0, 0.1) is 0 Å². The zero-order valence-corrected chi connectivity index (χ0v) is 16.8. The number of rotatable bonds is 6. The molecule has 6 nitrogen and oxygen atoms in total. The van der Waals surface area contributed by atoms with Gasteiger partial charge in [0.2, 0.25) is 5.91 Å². The van der Waals surface area contributed by atoms with Crippen molar-refractivity contribution in [1.29, 1.82) is 0 Å². The first kappa shape index (κ1) is 20.4. The Morgan fingerprint density at radius 1 is 1.00 bits per heavy atom. The minimum atomic E-state index is -0.597. The maximum atomic E-state index is 12.8. The van der Waals surface area contributed by atoms with E-state index >= 15 is 0 Å². The van der Waals surface area contributed by atoms with Crippen LogP contribution in [0.15, 0.2) is 66.7 Å². The van der Waals surface area contributed by atoms with Gasteiger partial charge in [-0.25, -0.2) is 4.79 Å². The van der Waals surface area contributed by atoms with Crippen molar-refractivity contribution in [3.63, 3.8) is 0 Å². The van der Waals surface area contributed by atoms with Gasteiger partial charge in [0.1, 0.15) is 11.8 Å². The lowest BCUT2D eigenvalue weighted by Gasteiger charge is -2.27. The van der Waals surface area contributed by atoms with Gasteiger partial charge in [0.05, 0.1) is 7.11 Å². The number of likely N-dealkylation sites (N-methyl/N-ethyl adjacent to an activating group) is 1. The van der Waals surface area contributed by atoms with Crippen LogP contribution in [0.5, 0.6) is 5.75 Å². The van der Waals surface area contributed by atoms with E-state index in [0.717, 1.165) is 27.6 Å². The monoisotopic (exact) mass is 391 g/mol. The zero-order valence-electron chi connectivity index (χ0n) is 16.8. The Morgan fingerprint density at radius 3 is 2.38 bits per heavy atom. The molecule has 0 aliphatic carbocycles. The van der Waals surface area contributed by atoms with Crippen molar-refractivity contribution in [3.05, 3.63) is 77.9 Å². The number of urea groups is 1. The Labute approximate surface area is 170 Å². The summed E-state index contributed by atoms with van der Waals surface area (Å²) in [4.78, 5) is 26.4. The van der Waals surface area contributed by atoms with Gasteiger partial charge in [-0.3, -0.25) is 15.0 Å². The maximum absolute atomic E-state index is 12.8. The summed E-state index contributed by atoms with van der Waals surface area (Å²) in [5, 5.41) is 7.00. The third-order valence-corrected chi connectivity index (χ3v) is 4.81. The topological polar surface area (TPSA) is 70.7 Å². The van der Waals surface area contributed by atoms with E-state index in [2.05, 4.69) is 16.7 Å². The summed E-state index contributed by atoms with van der Waals surface area (Å²) in [7, 11) is 5.01. The first-order chi connectivity index (χ1) is 14.0. The molecule has 0 bridgehead atoms. The van der Waals surface area contributed by atoms with Crippen molar-refractivity contribution in [3.8, 4) is 5.75 Å². The molecule has 0 saturated heterocycles. The second kappa shape index (κ2) is 9.21. The number of nitrogens with one attached hydrogen (secondary N) is 2. The molecule has 6 heteroatoms. The van der Waals surface area contributed by atoms with Crippen LogP contribution in [0.3, 0.4) is 0 Å². The average Bonchev–Trinajstić information content (AvgIpc) is 2.74. The Kier molecular flexibility index (Phi) is 6.46. The van der Waals surface area contributed by atoms with Crippen LogP contribution in [0.2, 0.25) is 0 Å². The summed E-state index contributed by atoms with van der Waals surface area (Å²) in [6.07, 6.45) is 0. The van der Waals surface area contributed by atoms with E-state index in [0.29, 0.717) is 6.54 Å². The van der Waals surface area contributed by atoms with Crippen molar-refractivity contribution in [2.45, 2.75) is 12.6 Å². The summed E-state index contributed by atoms with van der Waals surface area (Å²) in [5.74, 6) is 0.445. The lowest BCUT2D eigenvalue weighted by molar-refractivity contribution is -0.125. The van der Waals surface area contributed by atoms with E-state index < -0.39 is 12.1 Å². The predicted octanol–water partition coefficient (Wildman–Crippen LogP) is 3.48. The summed E-state index contributed by atoms with van der Waals surface area (Å²) < 4.78 is 5.28. The van der Waals surface area contributed by atoms with E-state index in [1.807, 2.05) is 72.6 Å². The van der Waals surface area contributed by atoms with E-state index in [9.17, 15) is 9.59 Å². The first-order valence-electron chi connectivity index (χ1n) is 9.36. The molecule has 0 aliphatic heterocycles. The number of methoxy groups -OCH3 is 1. The van der Waals surface area contributed by atoms with E-state index in [-0.39, 0.29) is 5.91 Å². The summed E-state index contributed by atoms with van der Waals surface area (Å²) in [6.45, 7) is 0.544. The van der Waals surface area contributed by atoms with Gasteiger partial charge in [-0.1, -0.05) is 48.5 Å². The van der Waals surface area contributed by atoms with Crippen LogP contribution in [-0.4, -0.2) is 38.0 Å². The summed E-state index contributed by atoms with van der Waals surface area (Å²) in [6, 6.07) is 20.4. The fourth-order valence-electron chi connectivity index (χ4n) is 3.36. The fourth-order valence-corrected chi connectivity index (χ4v) is 3.36. The molecule has 0 radical (unpaired) electrons. The van der Waals surface area contributed by atoms with Crippen LogP contribution < -0.4 is 15.4 Å². The van der Waals surface area contributed by atoms with Crippen molar-refractivity contribution in [2.24, 2.45) is 0 Å². The number of hydrogen-bond acceptors (Lipinski definition) is 4. The van der Waals surface area contributed by atoms with Gasteiger partial charge < -0.3 is 10.1 Å². The van der Waals surface area contributed by atoms with Crippen molar-refractivity contribution < 1.29 is 14.3 Å². The summed E-state index contributed by atoms with van der Waals surface area (Å²) in [5.41, 5.74) is 1.89. The van der Waals surface area contributed by atoms with Crippen molar-refractivity contribution in [2.75, 3.05) is 21.2 Å². The third-order valence-electron chi connectivity index (χ3n) is 4.81. The van der Waals surface area contributed by atoms with E-state index in [1.165, 1.54) is 7.05 Å². The zero-order chi connectivity index (χ0) is 20.8.